The van der Waals surface area contributed by atoms with Crippen molar-refractivity contribution in [3.05, 3.63) is 0 Å². The summed E-state index contributed by atoms with van der Waals surface area (Å²) < 4.78 is 5.45. The number of amides is 1. The zero-order chi connectivity index (χ0) is 18.2. The highest BCUT2D eigenvalue weighted by atomic mass is 32.1. The number of thiocarbonyl (C=S) groups is 1. The second-order valence-electron chi connectivity index (χ2n) is 8.47. The smallest absolute Gasteiger partial charge is 0.410 e. The van der Waals surface area contributed by atoms with E-state index in [9.17, 15) is 4.79 Å². The zero-order valence-corrected chi connectivity index (χ0v) is 16.9. The fraction of sp³-hybridized carbons (Fsp3) is 0.905. The number of carbonyl (C=O) groups is 1. The van der Waals surface area contributed by atoms with Crippen LogP contribution >= 0.6 is 12.2 Å². The number of ether oxygens (including phenoxy) is 1. The van der Waals surface area contributed by atoms with Gasteiger partial charge in [-0.05, 0) is 36.9 Å². The predicted molar refractivity (Wildman–Crippen MR) is 108 cm³/mol. The van der Waals surface area contributed by atoms with Crippen molar-refractivity contribution < 1.29 is 9.53 Å². The lowest BCUT2D eigenvalue weighted by Gasteiger charge is -2.33. The monoisotopic (exact) mass is 378 g/mol. The lowest BCUT2D eigenvalue weighted by atomic mass is 9.75. The molecule has 0 aromatic rings. The van der Waals surface area contributed by atoms with E-state index in [1.165, 1.54) is 70.6 Å². The van der Waals surface area contributed by atoms with E-state index in [2.05, 4.69) is 22.4 Å². The van der Waals surface area contributed by atoms with Crippen molar-refractivity contribution in [2.45, 2.75) is 95.6 Å². The molecule has 1 saturated heterocycles. The molecule has 5 heteroatoms. The summed E-state index contributed by atoms with van der Waals surface area (Å²) in [5, 5.41) is 2.36. The summed E-state index contributed by atoms with van der Waals surface area (Å²) in [4.78, 5) is 18.1. The van der Waals surface area contributed by atoms with Crippen molar-refractivity contribution in [3.63, 3.8) is 0 Å². The van der Waals surface area contributed by atoms with Crippen molar-refractivity contribution in [1.82, 2.24) is 4.90 Å². The first-order valence-electron chi connectivity index (χ1n) is 10.8. The fourth-order valence-electron chi connectivity index (χ4n) is 5.34. The van der Waals surface area contributed by atoms with Gasteiger partial charge in [-0.25, -0.2) is 9.79 Å². The Morgan fingerprint density at radius 2 is 1.50 bits per heavy atom. The van der Waals surface area contributed by atoms with Crippen molar-refractivity contribution in [2.75, 3.05) is 13.1 Å². The third-order valence-electron chi connectivity index (χ3n) is 6.74. The van der Waals surface area contributed by atoms with Crippen LogP contribution in [-0.4, -0.2) is 41.4 Å². The maximum Gasteiger partial charge on any atom is 0.410 e. The number of cyclic esters (lactones) is 1. The summed E-state index contributed by atoms with van der Waals surface area (Å²) in [6.07, 6.45) is 17.3. The molecule has 1 amide bonds. The molecule has 1 aliphatic heterocycles. The van der Waals surface area contributed by atoms with Crippen molar-refractivity contribution >= 4 is 23.5 Å². The molecule has 26 heavy (non-hydrogen) atoms. The second-order valence-corrected chi connectivity index (χ2v) is 8.65. The van der Waals surface area contributed by atoms with Crippen LogP contribution in [-0.2, 0) is 4.74 Å². The minimum absolute atomic E-state index is 0.147. The predicted octanol–water partition coefficient (Wildman–Crippen LogP) is 5.61. The molecule has 0 aromatic carbocycles. The molecule has 1 heterocycles. The molecule has 0 bridgehead atoms. The van der Waals surface area contributed by atoms with Crippen LogP contribution in [0.15, 0.2) is 4.99 Å². The van der Waals surface area contributed by atoms with E-state index in [0.717, 1.165) is 24.7 Å². The second kappa shape index (κ2) is 10.4. The van der Waals surface area contributed by atoms with Crippen LogP contribution in [0.1, 0.15) is 83.5 Å². The maximum absolute atomic E-state index is 12.2. The molecule has 1 unspecified atom stereocenters. The third kappa shape index (κ3) is 5.53. The van der Waals surface area contributed by atoms with E-state index in [1.54, 1.807) is 0 Å². The van der Waals surface area contributed by atoms with Gasteiger partial charge in [0.2, 0.25) is 0 Å². The highest BCUT2D eigenvalue weighted by molar-refractivity contribution is 7.78. The Hall–Kier alpha value is -0.930. The number of hydrogen-bond acceptors (Lipinski definition) is 4. The summed E-state index contributed by atoms with van der Waals surface area (Å²) in [5.74, 6) is 1.88. The highest BCUT2D eigenvalue weighted by Crippen LogP contribution is 2.37. The Bertz CT molecular complexity index is 488. The summed E-state index contributed by atoms with van der Waals surface area (Å²) in [7, 11) is 0. The van der Waals surface area contributed by atoms with E-state index in [0.29, 0.717) is 19.1 Å². The first kappa shape index (κ1) is 19.8. The van der Waals surface area contributed by atoms with Gasteiger partial charge >= 0.3 is 6.09 Å². The van der Waals surface area contributed by atoms with Gasteiger partial charge in [-0.2, -0.15) is 0 Å². The molecule has 3 aliphatic rings. The van der Waals surface area contributed by atoms with Gasteiger partial charge in [0.1, 0.15) is 6.10 Å². The first-order chi connectivity index (χ1) is 12.8. The topological polar surface area (TPSA) is 41.9 Å². The zero-order valence-electron chi connectivity index (χ0n) is 16.0. The van der Waals surface area contributed by atoms with Crippen molar-refractivity contribution in [3.8, 4) is 0 Å². The molecule has 1 atom stereocenters. The van der Waals surface area contributed by atoms with Crippen LogP contribution in [0.5, 0.6) is 0 Å². The molecule has 4 nitrogen and oxygen atoms in total. The number of nitrogens with zero attached hydrogens (tertiary/aromatic N) is 2. The maximum atomic E-state index is 12.2. The van der Waals surface area contributed by atoms with E-state index < -0.39 is 0 Å². The molecule has 2 aliphatic carbocycles. The molecule has 3 fully saturated rings. The Morgan fingerprint density at radius 1 is 0.923 bits per heavy atom. The molecule has 0 spiro atoms. The normalized spacial score (nSPS) is 31.9. The minimum Gasteiger partial charge on any atom is -0.442 e. The van der Waals surface area contributed by atoms with Gasteiger partial charge < -0.3 is 9.64 Å². The van der Waals surface area contributed by atoms with Crippen molar-refractivity contribution in [2.24, 2.45) is 16.8 Å². The molecular formula is C21H34N2O2S. The molecule has 146 valence electrons. The number of carbonyl (C=O) groups excluding carboxylic acids is 1. The van der Waals surface area contributed by atoms with E-state index >= 15 is 0 Å². The quantitative estimate of drug-likeness (QED) is 0.472. The van der Waals surface area contributed by atoms with Crippen LogP contribution < -0.4 is 0 Å². The summed E-state index contributed by atoms with van der Waals surface area (Å²) in [6, 6.07) is 0.349. The van der Waals surface area contributed by atoms with Gasteiger partial charge in [0.25, 0.3) is 0 Å². The highest BCUT2D eigenvalue weighted by Gasteiger charge is 2.36. The summed E-state index contributed by atoms with van der Waals surface area (Å²) in [5.41, 5.74) is 0. The third-order valence-corrected chi connectivity index (χ3v) is 6.87. The summed E-state index contributed by atoms with van der Waals surface area (Å²) >= 11 is 4.61. The molecule has 3 rings (SSSR count). The van der Waals surface area contributed by atoms with Crippen LogP contribution in [0, 0.1) is 11.8 Å². The Balaban J connectivity index is 1.48. The summed E-state index contributed by atoms with van der Waals surface area (Å²) in [6.45, 7) is 1.11. The number of isothiocyanates is 1. The largest absolute Gasteiger partial charge is 0.442 e. The SMILES string of the molecule is O=C1OC(CN=C=S)CN1C1CCCC(C2CCCCCCC2)CCC1. The van der Waals surface area contributed by atoms with Gasteiger partial charge in [0.05, 0.1) is 18.3 Å². The Kier molecular flexibility index (Phi) is 7.94. The van der Waals surface area contributed by atoms with Crippen LogP contribution in [0.2, 0.25) is 0 Å². The molecule has 0 radical (unpaired) electrons. The molecule has 2 saturated carbocycles. The van der Waals surface area contributed by atoms with E-state index in [1.807, 2.05) is 4.90 Å². The van der Waals surface area contributed by atoms with Gasteiger partial charge in [-0.3, -0.25) is 0 Å². The number of hydrogen-bond donors (Lipinski definition) is 0. The van der Waals surface area contributed by atoms with Crippen molar-refractivity contribution in [1.29, 1.82) is 0 Å². The van der Waals surface area contributed by atoms with Crippen LogP contribution in [0.3, 0.4) is 0 Å². The van der Waals surface area contributed by atoms with Gasteiger partial charge in [0.15, 0.2) is 0 Å². The van der Waals surface area contributed by atoms with Crippen LogP contribution in [0.25, 0.3) is 0 Å². The number of rotatable bonds is 4. The minimum atomic E-state index is -0.156. The van der Waals surface area contributed by atoms with E-state index in [4.69, 9.17) is 4.74 Å². The first-order valence-corrected chi connectivity index (χ1v) is 11.2. The fourth-order valence-corrected chi connectivity index (χ4v) is 5.41. The standard InChI is InChI=1S/C21H34N2O2S/c24-21-23(15-20(25-21)14-22-16-26)19-12-6-10-18(11-7-13-19)17-8-4-2-1-3-5-9-17/h17-20H,1-15H2. The molecule has 0 aromatic heterocycles. The van der Waals surface area contributed by atoms with Crippen LogP contribution in [0.4, 0.5) is 4.79 Å². The lowest BCUT2D eigenvalue weighted by Crippen LogP contribution is -2.37. The molecule has 0 N–H and O–H groups in total. The average molecular weight is 379 g/mol. The number of aliphatic imine (C=N–C) groups is 1. The average Bonchev–Trinajstić information content (AvgIpc) is 2.94. The molecular weight excluding hydrogens is 344 g/mol. The van der Waals surface area contributed by atoms with Gasteiger partial charge in [-0.1, -0.05) is 70.6 Å². The van der Waals surface area contributed by atoms with Gasteiger partial charge in [0, 0.05) is 6.04 Å². The Morgan fingerprint density at radius 3 is 2.12 bits per heavy atom. The Labute approximate surface area is 163 Å². The lowest BCUT2D eigenvalue weighted by molar-refractivity contribution is 0.124. The van der Waals surface area contributed by atoms with E-state index in [-0.39, 0.29) is 12.2 Å². The van der Waals surface area contributed by atoms with Gasteiger partial charge in [-0.15, -0.1) is 0 Å².